The summed E-state index contributed by atoms with van der Waals surface area (Å²) < 4.78 is 5.80. The summed E-state index contributed by atoms with van der Waals surface area (Å²) in [6.07, 6.45) is 1.60. The first-order valence-electron chi connectivity index (χ1n) is 7.94. The standard InChI is InChI=1S/C17H26N2O3/c1-12(2)15(11-20)19-17(21)18-14-8-9-22-16(10-14)13-6-4-3-5-7-13/h3-7,12,14-16,20H,8-11H2,1-2H3,(H2,18,19,21)/t14-,15-,16+/m1/s1. The van der Waals surface area contributed by atoms with Crippen LogP contribution in [0.2, 0.25) is 0 Å². The highest BCUT2D eigenvalue weighted by molar-refractivity contribution is 5.74. The van der Waals surface area contributed by atoms with Crippen LogP contribution in [-0.4, -0.2) is 36.4 Å². The van der Waals surface area contributed by atoms with Crippen molar-refractivity contribution in [3.8, 4) is 0 Å². The van der Waals surface area contributed by atoms with Crippen molar-refractivity contribution in [2.75, 3.05) is 13.2 Å². The highest BCUT2D eigenvalue weighted by Crippen LogP contribution is 2.27. The molecule has 1 heterocycles. The van der Waals surface area contributed by atoms with Gasteiger partial charge in [-0.1, -0.05) is 44.2 Å². The molecule has 3 atom stereocenters. The quantitative estimate of drug-likeness (QED) is 0.781. The van der Waals surface area contributed by atoms with Crippen LogP contribution in [0.5, 0.6) is 0 Å². The third-order valence-electron chi connectivity index (χ3n) is 4.11. The molecule has 2 amide bonds. The van der Waals surface area contributed by atoms with Gasteiger partial charge in [0.05, 0.1) is 18.8 Å². The molecular formula is C17H26N2O3. The van der Waals surface area contributed by atoms with Crippen LogP contribution in [0.1, 0.15) is 38.4 Å². The third-order valence-corrected chi connectivity index (χ3v) is 4.11. The van der Waals surface area contributed by atoms with Crippen LogP contribution in [-0.2, 0) is 4.74 Å². The molecular weight excluding hydrogens is 280 g/mol. The molecule has 0 aliphatic carbocycles. The fraction of sp³-hybridized carbons (Fsp3) is 0.588. The Bertz CT molecular complexity index is 464. The SMILES string of the molecule is CC(C)[C@@H](CO)NC(=O)N[C@@H]1CCO[C@H](c2ccccc2)C1. The molecule has 0 aromatic heterocycles. The van der Waals surface area contributed by atoms with E-state index in [4.69, 9.17) is 4.74 Å². The molecule has 22 heavy (non-hydrogen) atoms. The molecule has 0 spiro atoms. The predicted molar refractivity (Wildman–Crippen MR) is 85.5 cm³/mol. The van der Waals surface area contributed by atoms with Gasteiger partial charge < -0.3 is 20.5 Å². The summed E-state index contributed by atoms with van der Waals surface area (Å²) in [5.74, 6) is 0.197. The van der Waals surface area contributed by atoms with Crippen molar-refractivity contribution in [1.82, 2.24) is 10.6 Å². The normalized spacial score (nSPS) is 23.1. The van der Waals surface area contributed by atoms with Crippen molar-refractivity contribution in [3.05, 3.63) is 35.9 Å². The van der Waals surface area contributed by atoms with Crippen molar-refractivity contribution in [1.29, 1.82) is 0 Å². The van der Waals surface area contributed by atoms with Gasteiger partial charge >= 0.3 is 6.03 Å². The Labute approximate surface area is 132 Å². The lowest BCUT2D eigenvalue weighted by molar-refractivity contribution is 0.00212. The molecule has 5 nitrogen and oxygen atoms in total. The van der Waals surface area contributed by atoms with E-state index in [9.17, 15) is 9.90 Å². The molecule has 1 aliphatic rings. The monoisotopic (exact) mass is 306 g/mol. The predicted octanol–water partition coefficient (Wildman–Crippen LogP) is 2.22. The zero-order valence-electron chi connectivity index (χ0n) is 13.3. The van der Waals surface area contributed by atoms with Gasteiger partial charge in [-0.15, -0.1) is 0 Å². The maximum absolute atomic E-state index is 12.1. The van der Waals surface area contributed by atoms with Crippen LogP contribution in [0.25, 0.3) is 0 Å². The van der Waals surface area contributed by atoms with Gasteiger partial charge in [-0.3, -0.25) is 0 Å². The first-order chi connectivity index (χ1) is 10.6. The van der Waals surface area contributed by atoms with Gasteiger partial charge in [0.2, 0.25) is 0 Å². The van der Waals surface area contributed by atoms with Gasteiger partial charge in [0, 0.05) is 12.6 Å². The average molecular weight is 306 g/mol. The molecule has 0 bridgehead atoms. The Kier molecular flexibility index (Phi) is 6.21. The van der Waals surface area contributed by atoms with Crippen LogP contribution >= 0.6 is 0 Å². The van der Waals surface area contributed by atoms with Crippen LogP contribution in [0.15, 0.2) is 30.3 Å². The molecule has 122 valence electrons. The van der Waals surface area contributed by atoms with Crippen molar-refractivity contribution in [2.24, 2.45) is 5.92 Å². The summed E-state index contributed by atoms with van der Waals surface area (Å²) in [7, 11) is 0. The van der Waals surface area contributed by atoms with E-state index in [2.05, 4.69) is 10.6 Å². The van der Waals surface area contributed by atoms with Gasteiger partial charge in [-0.05, 0) is 24.3 Å². The molecule has 0 radical (unpaired) electrons. The third kappa shape index (κ3) is 4.71. The maximum Gasteiger partial charge on any atom is 0.315 e. The molecule has 1 aliphatic heterocycles. The zero-order chi connectivity index (χ0) is 15.9. The highest BCUT2D eigenvalue weighted by atomic mass is 16.5. The minimum Gasteiger partial charge on any atom is -0.394 e. The number of benzene rings is 1. The summed E-state index contributed by atoms with van der Waals surface area (Å²) in [5.41, 5.74) is 1.14. The lowest BCUT2D eigenvalue weighted by atomic mass is 9.97. The second-order valence-corrected chi connectivity index (χ2v) is 6.14. The zero-order valence-corrected chi connectivity index (χ0v) is 13.3. The largest absolute Gasteiger partial charge is 0.394 e. The Hall–Kier alpha value is -1.59. The van der Waals surface area contributed by atoms with Crippen molar-refractivity contribution in [2.45, 2.75) is 44.9 Å². The first kappa shape index (κ1) is 16.8. The van der Waals surface area contributed by atoms with Crippen LogP contribution in [0.3, 0.4) is 0 Å². The summed E-state index contributed by atoms with van der Waals surface area (Å²) in [6, 6.07) is 9.73. The Balaban J connectivity index is 1.86. The fourth-order valence-electron chi connectivity index (χ4n) is 2.65. The van der Waals surface area contributed by atoms with Gasteiger partial charge in [-0.2, -0.15) is 0 Å². The average Bonchev–Trinajstić information content (AvgIpc) is 2.53. The number of carbonyl (C=O) groups excluding carboxylic acids is 1. The van der Waals surface area contributed by atoms with Crippen LogP contribution < -0.4 is 10.6 Å². The lowest BCUT2D eigenvalue weighted by Gasteiger charge is -2.31. The minimum absolute atomic E-state index is 0.0268. The van der Waals surface area contributed by atoms with E-state index in [1.807, 2.05) is 44.2 Å². The van der Waals surface area contributed by atoms with Gasteiger partial charge in [-0.25, -0.2) is 4.79 Å². The molecule has 5 heteroatoms. The van der Waals surface area contributed by atoms with E-state index in [1.165, 1.54) is 0 Å². The van der Waals surface area contributed by atoms with Gasteiger partial charge in [0.25, 0.3) is 0 Å². The molecule has 1 aromatic rings. The van der Waals surface area contributed by atoms with E-state index >= 15 is 0 Å². The Morgan fingerprint density at radius 2 is 2.09 bits per heavy atom. The summed E-state index contributed by atoms with van der Waals surface area (Å²) in [6.45, 7) is 4.53. The van der Waals surface area contributed by atoms with Crippen molar-refractivity contribution in [3.63, 3.8) is 0 Å². The maximum atomic E-state index is 12.1. The molecule has 1 aromatic carbocycles. The number of ether oxygens (including phenoxy) is 1. The van der Waals surface area contributed by atoms with E-state index in [-0.39, 0.29) is 36.7 Å². The van der Waals surface area contributed by atoms with E-state index < -0.39 is 0 Å². The molecule has 0 saturated carbocycles. The summed E-state index contributed by atoms with van der Waals surface area (Å²) in [4.78, 5) is 12.1. The lowest BCUT2D eigenvalue weighted by Crippen LogP contribution is -2.50. The molecule has 3 N–H and O–H groups in total. The Morgan fingerprint density at radius 1 is 1.36 bits per heavy atom. The van der Waals surface area contributed by atoms with Gasteiger partial charge in [0.1, 0.15) is 0 Å². The van der Waals surface area contributed by atoms with E-state index in [0.717, 1.165) is 18.4 Å². The fourth-order valence-corrected chi connectivity index (χ4v) is 2.65. The van der Waals surface area contributed by atoms with E-state index in [0.29, 0.717) is 6.61 Å². The summed E-state index contributed by atoms with van der Waals surface area (Å²) in [5, 5.41) is 15.1. The molecule has 1 fully saturated rings. The molecule has 1 saturated heterocycles. The second kappa shape index (κ2) is 8.15. The number of nitrogens with one attached hydrogen (secondary N) is 2. The topological polar surface area (TPSA) is 70.6 Å². The number of amides is 2. The van der Waals surface area contributed by atoms with Crippen LogP contribution in [0.4, 0.5) is 4.79 Å². The number of hydrogen-bond acceptors (Lipinski definition) is 3. The summed E-state index contributed by atoms with van der Waals surface area (Å²) >= 11 is 0. The number of rotatable bonds is 5. The highest BCUT2D eigenvalue weighted by Gasteiger charge is 2.25. The first-order valence-corrected chi connectivity index (χ1v) is 7.94. The minimum atomic E-state index is -0.218. The second-order valence-electron chi connectivity index (χ2n) is 6.14. The Morgan fingerprint density at radius 3 is 2.73 bits per heavy atom. The van der Waals surface area contributed by atoms with Crippen molar-refractivity contribution < 1.29 is 14.6 Å². The van der Waals surface area contributed by atoms with Crippen molar-refractivity contribution >= 4 is 6.03 Å². The number of urea groups is 1. The number of aliphatic hydroxyl groups excluding tert-OH is 1. The van der Waals surface area contributed by atoms with Crippen LogP contribution in [0, 0.1) is 5.92 Å². The number of aliphatic hydroxyl groups is 1. The van der Waals surface area contributed by atoms with Gasteiger partial charge in [0.15, 0.2) is 0 Å². The van der Waals surface area contributed by atoms with E-state index in [1.54, 1.807) is 0 Å². The number of hydrogen-bond donors (Lipinski definition) is 3. The smallest absolute Gasteiger partial charge is 0.315 e. The number of carbonyl (C=O) groups is 1. The molecule has 2 rings (SSSR count). The molecule has 0 unspecified atom stereocenters.